The van der Waals surface area contributed by atoms with E-state index in [9.17, 15) is 8.42 Å². The van der Waals surface area contributed by atoms with Gasteiger partial charge in [0, 0.05) is 63.6 Å². The highest BCUT2D eigenvalue weighted by molar-refractivity contribution is 7.92. The number of aliphatic imine (C=N–C) groups is 1. The first-order chi connectivity index (χ1) is 21.6. The number of hydrogen-bond acceptors (Lipinski definition) is 9. The van der Waals surface area contributed by atoms with Crippen molar-refractivity contribution in [1.82, 2.24) is 14.8 Å². The molecule has 2 fully saturated rings. The molecule has 4 aliphatic rings. The molecule has 2 saturated heterocycles. The van der Waals surface area contributed by atoms with Crippen LogP contribution in [0, 0.1) is 5.82 Å². The number of H-pyrrole nitrogens is 1. The van der Waals surface area contributed by atoms with Crippen LogP contribution in [0.25, 0.3) is 0 Å². The summed E-state index contributed by atoms with van der Waals surface area (Å²) in [4.78, 5) is 15.3. The second-order valence-electron chi connectivity index (χ2n) is 12.5. The molecule has 1 atom stereocenters. The van der Waals surface area contributed by atoms with Crippen LogP contribution in [0.3, 0.4) is 0 Å². The maximum absolute atomic E-state index is 15.8. The molecule has 1 aromatic heterocycles. The third-order valence-corrected chi connectivity index (χ3v) is 10.9. The molecule has 7 rings (SSSR count). The normalized spacial score (nSPS) is 23.0. The molecule has 4 aliphatic heterocycles. The molecule has 240 valence electrons. The molecule has 45 heavy (non-hydrogen) atoms. The number of nitrogens with two attached hydrogens (primary N) is 1. The molecular formula is C32H42FN9O2S. The van der Waals surface area contributed by atoms with Crippen LogP contribution >= 0.6 is 0 Å². The van der Waals surface area contributed by atoms with E-state index in [4.69, 9.17) is 10.7 Å². The minimum Gasteiger partial charge on any atom is -0.369 e. The number of benzene rings is 2. The van der Waals surface area contributed by atoms with Gasteiger partial charge in [-0.1, -0.05) is 25.1 Å². The number of anilines is 4. The minimum atomic E-state index is -3.46. The lowest BCUT2D eigenvalue weighted by Gasteiger charge is -2.43. The van der Waals surface area contributed by atoms with Crippen LogP contribution in [-0.2, 0) is 22.2 Å². The molecule has 1 unspecified atom stereocenters. The SMILES string of the molecule is CCN1CCN(C2CCN(c3ccc(C4(N)N=C(Nc5cccc6c5N(S(C)(=O)=O)CC6)c5cc[nH]c5N4)cc3F)CC2)CC1. The van der Waals surface area contributed by atoms with Crippen LogP contribution < -0.4 is 25.6 Å². The first kappa shape index (κ1) is 30.0. The van der Waals surface area contributed by atoms with Gasteiger partial charge in [0.25, 0.3) is 0 Å². The van der Waals surface area contributed by atoms with E-state index in [-0.39, 0.29) is 5.82 Å². The number of aromatic amines is 1. The monoisotopic (exact) mass is 635 g/mol. The van der Waals surface area contributed by atoms with Crippen molar-refractivity contribution in [2.45, 2.75) is 38.0 Å². The fraction of sp³-hybridized carbons (Fsp3) is 0.469. The Bertz CT molecular complexity index is 1710. The van der Waals surface area contributed by atoms with E-state index in [1.165, 1.54) is 16.6 Å². The summed E-state index contributed by atoms with van der Waals surface area (Å²) >= 11 is 0. The van der Waals surface area contributed by atoms with Gasteiger partial charge in [-0.2, -0.15) is 0 Å². The molecule has 13 heteroatoms. The second kappa shape index (κ2) is 11.6. The summed E-state index contributed by atoms with van der Waals surface area (Å²) in [5.74, 6) is -0.718. The van der Waals surface area contributed by atoms with E-state index in [1.807, 2.05) is 36.4 Å². The summed E-state index contributed by atoms with van der Waals surface area (Å²) in [6.07, 6.45) is 5.65. The van der Waals surface area contributed by atoms with Gasteiger partial charge < -0.3 is 25.4 Å². The zero-order valence-corrected chi connectivity index (χ0v) is 26.7. The van der Waals surface area contributed by atoms with E-state index < -0.39 is 15.8 Å². The van der Waals surface area contributed by atoms with Crippen molar-refractivity contribution < 1.29 is 12.8 Å². The van der Waals surface area contributed by atoms with Crippen molar-refractivity contribution in [3.63, 3.8) is 0 Å². The molecule has 11 nitrogen and oxygen atoms in total. The van der Waals surface area contributed by atoms with Crippen LogP contribution in [0.4, 0.5) is 27.3 Å². The molecule has 0 saturated carbocycles. The number of nitrogens with one attached hydrogen (secondary N) is 3. The maximum Gasteiger partial charge on any atom is 0.232 e. The summed E-state index contributed by atoms with van der Waals surface area (Å²) in [5, 5.41) is 6.61. The van der Waals surface area contributed by atoms with E-state index in [0.29, 0.717) is 53.3 Å². The number of piperazine rings is 1. The Morgan fingerprint density at radius 1 is 1.07 bits per heavy atom. The largest absolute Gasteiger partial charge is 0.369 e. The average molecular weight is 636 g/mol. The van der Waals surface area contributed by atoms with E-state index in [0.717, 1.165) is 69.8 Å². The van der Waals surface area contributed by atoms with Gasteiger partial charge >= 0.3 is 0 Å². The summed E-state index contributed by atoms with van der Waals surface area (Å²) < 4.78 is 42.3. The lowest BCUT2D eigenvalue weighted by atomic mass is 10.00. The molecule has 3 aromatic rings. The topological polar surface area (TPSA) is 125 Å². The Morgan fingerprint density at radius 2 is 1.84 bits per heavy atom. The van der Waals surface area contributed by atoms with Gasteiger partial charge in [-0.15, -0.1) is 0 Å². The van der Waals surface area contributed by atoms with Gasteiger partial charge in [0.2, 0.25) is 15.8 Å². The predicted molar refractivity (Wildman–Crippen MR) is 178 cm³/mol. The van der Waals surface area contributed by atoms with Gasteiger partial charge in [0.05, 0.1) is 28.9 Å². The summed E-state index contributed by atoms with van der Waals surface area (Å²) in [6, 6.07) is 13.2. The first-order valence-corrected chi connectivity index (χ1v) is 17.7. The van der Waals surface area contributed by atoms with Gasteiger partial charge in [-0.05, 0) is 55.6 Å². The molecule has 0 amide bonds. The van der Waals surface area contributed by atoms with Crippen molar-refractivity contribution >= 4 is 38.7 Å². The number of aromatic nitrogens is 1. The fourth-order valence-electron chi connectivity index (χ4n) is 7.26. The smallest absolute Gasteiger partial charge is 0.232 e. The maximum atomic E-state index is 15.8. The van der Waals surface area contributed by atoms with Crippen LogP contribution in [0.2, 0.25) is 0 Å². The fourth-order valence-corrected chi connectivity index (χ4v) is 8.23. The molecule has 0 bridgehead atoms. The Morgan fingerprint density at radius 3 is 2.56 bits per heavy atom. The zero-order chi connectivity index (χ0) is 31.3. The first-order valence-electron chi connectivity index (χ1n) is 15.9. The number of piperidine rings is 1. The Hall–Kier alpha value is -3.65. The van der Waals surface area contributed by atoms with Gasteiger partial charge in [-0.3, -0.25) is 14.9 Å². The van der Waals surface area contributed by atoms with Crippen molar-refractivity contribution in [1.29, 1.82) is 0 Å². The molecule has 5 N–H and O–H groups in total. The standard InChI is InChI=1S/C32H42FN9O2S/c1-3-39-17-19-40(20-18-39)24-11-14-41(15-12-24)28-8-7-23(21-26(28)33)32(34)37-30-25(9-13-35-30)31(38-32)36-27-6-4-5-22-10-16-42(29(22)27)45(2,43)44/h4-9,13,21,24,35,37H,3,10-12,14-20,34H2,1-2H3,(H,36,38). The van der Waals surface area contributed by atoms with Crippen molar-refractivity contribution in [3.05, 3.63) is 71.2 Å². The van der Waals surface area contributed by atoms with E-state index in [2.05, 4.69) is 37.2 Å². The van der Waals surface area contributed by atoms with Crippen molar-refractivity contribution in [2.24, 2.45) is 10.7 Å². The van der Waals surface area contributed by atoms with E-state index in [1.54, 1.807) is 6.20 Å². The number of halogens is 1. The molecule has 0 spiro atoms. The second-order valence-corrected chi connectivity index (χ2v) is 14.4. The highest BCUT2D eigenvalue weighted by Crippen LogP contribution is 2.39. The van der Waals surface area contributed by atoms with Crippen LogP contribution in [0.15, 0.2) is 53.7 Å². The molecule has 5 heterocycles. The Balaban J connectivity index is 1.11. The molecule has 0 radical (unpaired) electrons. The highest BCUT2D eigenvalue weighted by Gasteiger charge is 2.36. The van der Waals surface area contributed by atoms with Gasteiger partial charge in [-0.25, -0.2) is 17.8 Å². The van der Waals surface area contributed by atoms with Crippen LogP contribution in [0.5, 0.6) is 0 Å². The third kappa shape index (κ3) is 5.66. The quantitative estimate of drug-likeness (QED) is 0.326. The van der Waals surface area contributed by atoms with Gasteiger partial charge in [0.1, 0.15) is 17.5 Å². The predicted octanol–water partition coefficient (Wildman–Crippen LogP) is 3.14. The number of rotatable bonds is 6. The number of amidine groups is 1. The lowest BCUT2D eigenvalue weighted by Crippen LogP contribution is -2.53. The molecule has 2 aromatic carbocycles. The third-order valence-electron chi connectivity index (χ3n) is 9.78. The number of para-hydroxylation sites is 1. The minimum absolute atomic E-state index is 0.333. The van der Waals surface area contributed by atoms with Crippen molar-refractivity contribution in [2.75, 3.05) is 78.5 Å². The number of hydrogen-bond donors (Lipinski definition) is 4. The summed E-state index contributed by atoms with van der Waals surface area (Å²) in [5.41, 5.74) is 10.8. The average Bonchev–Trinajstić information content (AvgIpc) is 3.69. The molecular weight excluding hydrogens is 593 g/mol. The van der Waals surface area contributed by atoms with Gasteiger partial charge in [0.15, 0.2) is 0 Å². The zero-order valence-electron chi connectivity index (χ0n) is 25.9. The lowest BCUT2D eigenvalue weighted by molar-refractivity contribution is 0.0878. The number of fused-ring (bicyclic) bond motifs is 2. The van der Waals surface area contributed by atoms with Crippen LogP contribution in [-0.4, -0.2) is 93.7 Å². The Kier molecular flexibility index (Phi) is 7.75. The Labute approximate surface area is 264 Å². The van der Waals surface area contributed by atoms with Crippen LogP contribution in [0.1, 0.15) is 36.5 Å². The highest BCUT2D eigenvalue weighted by atomic mass is 32.2. The van der Waals surface area contributed by atoms with E-state index >= 15 is 4.39 Å². The number of nitrogens with zero attached hydrogens (tertiary/aromatic N) is 5. The summed E-state index contributed by atoms with van der Waals surface area (Å²) in [7, 11) is -3.46. The number of sulfonamides is 1. The molecule has 0 aliphatic carbocycles. The summed E-state index contributed by atoms with van der Waals surface area (Å²) in [6.45, 7) is 9.79. The van der Waals surface area contributed by atoms with Crippen molar-refractivity contribution in [3.8, 4) is 0 Å². The number of likely N-dealkylation sites (N-methyl/N-ethyl adjacent to an activating group) is 1.